The van der Waals surface area contributed by atoms with Crippen molar-refractivity contribution in [3.05, 3.63) is 0 Å². The van der Waals surface area contributed by atoms with Crippen LogP contribution in [0.4, 0.5) is 0 Å². The molecular weight excluding hydrogens is 266 g/mol. The van der Waals surface area contributed by atoms with Gasteiger partial charge in [0.25, 0.3) is 0 Å². The molecule has 2 unspecified atom stereocenters. The van der Waals surface area contributed by atoms with Crippen molar-refractivity contribution >= 4 is 23.7 Å². The topological polar surface area (TPSA) is 107 Å². The minimum Gasteiger partial charge on any atom is -0.480 e. The number of carbonyl (C=O) groups is 4. The SMILES string of the molecule is O=C1CN(C2CC(=O)N(C3CC3)C2=O)C(C(=O)O)CN1. The van der Waals surface area contributed by atoms with Gasteiger partial charge in [-0.3, -0.25) is 29.0 Å². The Kier molecular flexibility index (Phi) is 2.97. The number of carboxylic acids is 1. The number of amides is 3. The summed E-state index contributed by atoms with van der Waals surface area (Å²) < 4.78 is 0. The number of hydrogen-bond acceptors (Lipinski definition) is 5. The molecule has 2 N–H and O–H groups in total. The average Bonchev–Trinajstić information content (AvgIpc) is 3.15. The maximum Gasteiger partial charge on any atom is 0.322 e. The summed E-state index contributed by atoms with van der Waals surface area (Å²) in [7, 11) is 0. The van der Waals surface area contributed by atoms with Crippen LogP contribution in [-0.4, -0.2) is 69.8 Å². The summed E-state index contributed by atoms with van der Waals surface area (Å²) in [5.74, 6) is -2.06. The van der Waals surface area contributed by atoms with Crippen molar-refractivity contribution in [3.63, 3.8) is 0 Å². The Hall–Kier alpha value is -1.96. The summed E-state index contributed by atoms with van der Waals surface area (Å²) in [5, 5.41) is 11.7. The van der Waals surface area contributed by atoms with Crippen LogP contribution in [0.5, 0.6) is 0 Å². The van der Waals surface area contributed by atoms with Crippen LogP contribution in [-0.2, 0) is 19.2 Å². The molecule has 1 aliphatic carbocycles. The molecule has 2 saturated heterocycles. The number of nitrogens with one attached hydrogen (secondary N) is 1. The number of likely N-dealkylation sites (tertiary alicyclic amines) is 1. The number of hydrogen-bond donors (Lipinski definition) is 2. The molecular formula is C12H15N3O5. The second-order valence-corrected chi connectivity index (χ2v) is 5.38. The van der Waals surface area contributed by atoms with E-state index in [4.69, 9.17) is 0 Å². The van der Waals surface area contributed by atoms with E-state index in [2.05, 4.69) is 5.32 Å². The molecule has 3 amide bonds. The van der Waals surface area contributed by atoms with E-state index >= 15 is 0 Å². The molecule has 20 heavy (non-hydrogen) atoms. The summed E-state index contributed by atoms with van der Waals surface area (Å²) in [6, 6.07) is -1.81. The summed E-state index contributed by atoms with van der Waals surface area (Å²) >= 11 is 0. The lowest BCUT2D eigenvalue weighted by atomic mass is 10.1. The molecule has 0 radical (unpaired) electrons. The normalized spacial score (nSPS) is 31.6. The first kappa shape index (κ1) is 13.0. The lowest BCUT2D eigenvalue weighted by molar-refractivity contribution is -0.149. The zero-order chi connectivity index (χ0) is 14.4. The van der Waals surface area contributed by atoms with Gasteiger partial charge in [-0.2, -0.15) is 0 Å². The Labute approximate surface area is 114 Å². The molecule has 0 spiro atoms. The van der Waals surface area contributed by atoms with E-state index in [1.54, 1.807) is 0 Å². The first-order chi connectivity index (χ1) is 9.49. The highest BCUT2D eigenvalue weighted by molar-refractivity contribution is 6.06. The van der Waals surface area contributed by atoms with Gasteiger partial charge in [0.2, 0.25) is 17.7 Å². The summed E-state index contributed by atoms with van der Waals surface area (Å²) in [6.07, 6.45) is 1.59. The predicted octanol–water partition coefficient (Wildman–Crippen LogP) is -1.84. The summed E-state index contributed by atoms with van der Waals surface area (Å²) in [4.78, 5) is 49.5. The van der Waals surface area contributed by atoms with E-state index in [1.807, 2.05) is 0 Å². The van der Waals surface area contributed by atoms with Gasteiger partial charge in [0.1, 0.15) is 6.04 Å². The highest BCUT2D eigenvalue weighted by Crippen LogP contribution is 2.33. The van der Waals surface area contributed by atoms with Crippen LogP contribution in [0.2, 0.25) is 0 Å². The number of nitrogens with zero attached hydrogens (tertiary/aromatic N) is 2. The smallest absolute Gasteiger partial charge is 0.322 e. The van der Waals surface area contributed by atoms with Gasteiger partial charge in [0.15, 0.2) is 0 Å². The number of carboxylic acid groups (broad SMARTS) is 1. The first-order valence-electron chi connectivity index (χ1n) is 6.60. The Bertz CT molecular complexity index is 501. The summed E-state index contributed by atoms with van der Waals surface area (Å²) in [6.45, 7) is -0.214. The van der Waals surface area contributed by atoms with Crippen LogP contribution in [0.1, 0.15) is 19.3 Å². The van der Waals surface area contributed by atoms with Gasteiger partial charge in [-0.1, -0.05) is 0 Å². The molecule has 0 aromatic rings. The highest BCUT2D eigenvalue weighted by atomic mass is 16.4. The van der Waals surface area contributed by atoms with Gasteiger partial charge in [-0.05, 0) is 12.8 Å². The first-order valence-corrected chi connectivity index (χ1v) is 6.60. The van der Waals surface area contributed by atoms with Crippen molar-refractivity contribution in [1.82, 2.24) is 15.1 Å². The number of rotatable bonds is 3. The van der Waals surface area contributed by atoms with Crippen LogP contribution in [0, 0.1) is 0 Å². The fraction of sp³-hybridized carbons (Fsp3) is 0.667. The Morgan fingerprint density at radius 1 is 1.25 bits per heavy atom. The minimum absolute atomic E-state index is 0.0260. The fourth-order valence-electron chi connectivity index (χ4n) is 2.83. The van der Waals surface area contributed by atoms with Crippen LogP contribution in [0.25, 0.3) is 0 Å². The second-order valence-electron chi connectivity index (χ2n) is 5.38. The van der Waals surface area contributed by atoms with Crippen molar-refractivity contribution < 1.29 is 24.3 Å². The number of imide groups is 1. The van der Waals surface area contributed by atoms with Crippen molar-refractivity contribution in [1.29, 1.82) is 0 Å². The molecule has 3 fully saturated rings. The third-order valence-electron chi connectivity index (χ3n) is 3.98. The zero-order valence-electron chi connectivity index (χ0n) is 10.7. The van der Waals surface area contributed by atoms with E-state index in [0.29, 0.717) is 0 Å². The predicted molar refractivity (Wildman–Crippen MR) is 64.4 cm³/mol. The lowest BCUT2D eigenvalue weighted by Gasteiger charge is -2.35. The van der Waals surface area contributed by atoms with Gasteiger partial charge in [0.05, 0.1) is 19.0 Å². The average molecular weight is 281 g/mol. The molecule has 108 valence electrons. The minimum atomic E-state index is -1.10. The molecule has 0 aromatic heterocycles. The molecule has 0 aromatic carbocycles. The van der Waals surface area contributed by atoms with Crippen LogP contribution in [0.3, 0.4) is 0 Å². The number of carbonyl (C=O) groups excluding carboxylic acids is 3. The second kappa shape index (κ2) is 4.55. The third kappa shape index (κ3) is 2.05. The van der Waals surface area contributed by atoms with Crippen molar-refractivity contribution in [2.45, 2.75) is 37.4 Å². The molecule has 2 heterocycles. The quantitative estimate of drug-likeness (QED) is 0.589. The van der Waals surface area contributed by atoms with Crippen molar-refractivity contribution in [3.8, 4) is 0 Å². The largest absolute Gasteiger partial charge is 0.480 e. The molecule has 8 nitrogen and oxygen atoms in total. The van der Waals surface area contributed by atoms with E-state index in [1.165, 1.54) is 9.80 Å². The van der Waals surface area contributed by atoms with Crippen molar-refractivity contribution in [2.24, 2.45) is 0 Å². The van der Waals surface area contributed by atoms with Gasteiger partial charge < -0.3 is 10.4 Å². The van der Waals surface area contributed by atoms with E-state index in [-0.39, 0.29) is 43.3 Å². The van der Waals surface area contributed by atoms with Crippen LogP contribution < -0.4 is 5.32 Å². The number of piperazine rings is 1. The van der Waals surface area contributed by atoms with E-state index in [9.17, 15) is 24.3 Å². The highest BCUT2D eigenvalue weighted by Gasteiger charge is 2.51. The molecule has 3 rings (SSSR count). The molecule has 0 bridgehead atoms. The Balaban J connectivity index is 1.82. The molecule has 3 aliphatic rings. The van der Waals surface area contributed by atoms with E-state index < -0.39 is 18.1 Å². The van der Waals surface area contributed by atoms with Gasteiger partial charge >= 0.3 is 5.97 Å². The molecule has 2 atom stereocenters. The lowest BCUT2D eigenvalue weighted by Crippen LogP contribution is -2.61. The van der Waals surface area contributed by atoms with Gasteiger partial charge in [-0.25, -0.2) is 0 Å². The van der Waals surface area contributed by atoms with E-state index in [0.717, 1.165) is 12.8 Å². The van der Waals surface area contributed by atoms with Gasteiger partial charge in [-0.15, -0.1) is 0 Å². The molecule has 1 saturated carbocycles. The Morgan fingerprint density at radius 3 is 2.55 bits per heavy atom. The molecule has 2 aliphatic heterocycles. The summed E-state index contributed by atoms with van der Waals surface area (Å²) in [5.41, 5.74) is 0. The van der Waals surface area contributed by atoms with Gasteiger partial charge in [0, 0.05) is 12.6 Å². The standard InChI is InChI=1S/C12H15N3O5/c16-9-5-14(8(4-13-9)12(19)20)7-3-10(17)15(11(7)18)6-1-2-6/h6-8H,1-5H2,(H,13,16)(H,19,20). The van der Waals surface area contributed by atoms with Crippen LogP contribution >= 0.6 is 0 Å². The number of aliphatic carboxylic acids is 1. The molecule has 8 heteroatoms. The van der Waals surface area contributed by atoms with Crippen LogP contribution in [0.15, 0.2) is 0 Å². The zero-order valence-corrected chi connectivity index (χ0v) is 10.7. The monoisotopic (exact) mass is 281 g/mol. The third-order valence-corrected chi connectivity index (χ3v) is 3.98. The fourth-order valence-corrected chi connectivity index (χ4v) is 2.83. The maximum atomic E-state index is 12.3. The Morgan fingerprint density at radius 2 is 1.95 bits per heavy atom. The van der Waals surface area contributed by atoms with Crippen molar-refractivity contribution in [2.75, 3.05) is 13.1 Å². The maximum absolute atomic E-state index is 12.3.